The van der Waals surface area contributed by atoms with Crippen LogP contribution in [-0.4, -0.2) is 3.42 Å². The fourth-order valence-corrected chi connectivity index (χ4v) is 2.90. The van der Waals surface area contributed by atoms with Crippen LogP contribution in [0.2, 0.25) is 0 Å². The first-order chi connectivity index (χ1) is 3.10. The Hall–Kier alpha value is 0.730. The van der Waals surface area contributed by atoms with Gasteiger partial charge in [-0.3, -0.25) is 0 Å². The highest BCUT2D eigenvalue weighted by Gasteiger charge is 2.34. The molecule has 42 valence electrons. The summed E-state index contributed by atoms with van der Waals surface area (Å²) in [6, 6.07) is 0. The topological polar surface area (TPSA) is 0 Å². The molecule has 0 unspecified atom stereocenters. The van der Waals surface area contributed by atoms with Crippen LogP contribution in [0.25, 0.3) is 0 Å². The van der Waals surface area contributed by atoms with Gasteiger partial charge in [-0.2, -0.15) is 0 Å². The summed E-state index contributed by atoms with van der Waals surface area (Å²) < 4.78 is 0.664. The van der Waals surface area contributed by atoms with E-state index in [1.807, 2.05) is 0 Å². The average molecular weight is 210 g/mol. The Bertz CT molecular complexity index is 68.2. The van der Waals surface area contributed by atoms with Gasteiger partial charge >= 0.3 is 0 Å². The fourth-order valence-electron chi connectivity index (χ4n) is 1.39. The van der Waals surface area contributed by atoms with E-state index < -0.39 is 0 Å². The van der Waals surface area contributed by atoms with E-state index in [2.05, 4.69) is 36.4 Å². The number of rotatable bonds is 0. The van der Waals surface area contributed by atoms with Gasteiger partial charge in [0, 0.05) is 3.42 Å². The van der Waals surface area contributed by atoms with Gasteiger partial charge in [-0.15, -0.1) is 0 Å². The third-order valence-electron chi connectivity index (χ3n) is 1.55. The molecule has 0 bridgehead atoms. The van der Waals surface area contributed by atoms with Gasteiger partial charge < -0.3 is 0 Å². The molecule has 0 spiro atoms. The molecular weight excluding hydrogens is 199 g/mol. The molecule has 0 aromatic heterocycles. The lowest BCUT2D eigenvalue weighted by Crippen LogP contribution is -2.32. The Morgan fingerprint density at radius 2 is 2.00 bits per heavy atom. The number of hydrogen-bond donors (Lipinski definition) is 0. The minimum absolute atomic E-state index is 0.664. The minimum atomic E-state index is 0.664. The van der Waals surface area contributed by atoms with Gasteiger partial charge in [0.2, 0.25) is 0 Å². The first-order valence-corrected chi connectivity index (χ1v) is 3.87. The SMILES string of the molecule is CC1CC(C)(I)C1. The normalized spacial score (nSPS) is 51.0. The summed E-state index contributed by atoms with van der Waals surface area (Å²) in [6.07, 6.45) is 2.85. The van der Waals surface area contributed by atoms with Crippen LogP contribution in [0.4, 0.5) is 0 Å². The molecule has 1 fully saturated rings. The van der Waals surface area contributed by atoms with Crippen molar-refractivity contribution in [2.75, 3.05) is 0 Å². The minimum Gasteiger partial charge on any atom is -0.0792 e. The molecule has 0 radical (unpaired) electrons. The monoisotopic (exact) mass is 210 g/mol. The zero-order valence-corrected chi connectivity index (χ0v) is 7.03. The molecule has 1 aliphatic rings. The second-order valence-corrected chi connectivity index (χ2v) is 5.53. The van der Waals surface area contributed by atoms with Crippen LogP contribution < -0.4 is 0 Å². The van der Waals surface area contributed by atoms with Crippen molar-refractivity contribution in [3.63, 3.8) is 0 Å². The van der Waals surface area contributed by atoms with Crippen LogP contribution in [0.5, 0.6) is 0 Å². The first-order valence-electron chi connectivity index (χ1n) is 2.79. The van der Waals surface area contributed by atoms with Crippen molar-refractivity contribution in [3.05, 3.63) is 0 Å². The molecule has 0 heterocycles. The van der Waals surface area contributed by atoms with Crippen molar-refractivity contribution in [2.24, 2.45) is 5.92 Å². The van der Waals surface area contributed by atoms with Gasteiger partial charge in [0.05, 0.1) is 0 Å². The summed E-state index contributed by atoms with van der Waals surface area (Å²) in [5.74, 6) is 1.00. The van der Waals surface area contributed by atoms with Gasteiger partial charge in [-0.25, -0.2) is 0 Å². The lowest BCUT2D eigenvalue weighted by molar-refractivity contribution is 0.286. The van der Waals surface area contributed by atoms with Crippen LogP contribution in [-0.2, 0) is 0 Å². The van der Waals surface area contributed by atoms with Crippen molar-refractivity contribution in [1.82, 2.24) is 0 Å². The maximum Gasteiger partial charge on any atom is 0.0199 e. The Morgan fingerprint density at radius 1 is 1.57 bits per heavy atom. The van der Waals surface area contributed by atoms with Crippen molar-refractivity contribution in [1.29, 1.82) is 0 Å². The highest BCUT2D eigenvalue weighted by atomic mass is 127. The molecule has 7 heavy (non-hydrogen) atoms. The molecule has 1 saturated carbocycles. The summed E-state index contributed by atoms with van der Waals surface area (Å²) in [5.41, 5.74) is 0. The molecule has 0 N–H and O–H groups in total. The van der Waals surface area contributed by atoms with E-state index in [0.29, 0.717) is 3.42 Å². The summed E-state index contributed by atoms with van der Waals surface area (Å²) in [7, 11) is 0. The third-order valence-corrected chi connectivity index (χ3v) is 2.43. The smallest absolute Gasteiger partial charge is 0.0199 e. The number of hydrogen-bond acceptors (Lipinski definition) is 0. The maximum atomic E-state index is 2.54. The molecule has 0 saturated heterocycles. The van der Waals surface area contributed by atoms with Gasteiger partial charge in [0.1, 0.15) is 0 Å². The van der Waals surface area contributed by atoms with Crippen molar-refractivity contribution in [2.45, 2.75) is 30.1 Å². The van der Waals surface area contributed by atoms with Crippen LogP contribution in [0.1, 0.15) is 26.7 Å². The molecule has 0 atom stereocenters. The molecule has 0 aromatic carbocycles. The molecule has 1 aliphatic carbocycles. The van der Waals surface area contributed by atoms with E-state index in [-0.39, 0.29) is 0 Å². The van der Waals surface area contributed by atoms with Gasteiger partial charge in [-0.05, 0) is 18.8 Å². The van der Waals surface area contributed by atoms with Gasteiger partial charge in [0.15, 0.2) is 0 Å². The zero-order valence-electron chi connectivity index (χ0n) is 4.87. The van der Waals surface area contributed by atoms with Crippen LogP contribution in [0.15, 0.2) is 0 Å². The number of halogens is 1. The summed E-state index contributed by atoms with van der Waals surface area (Å²) in [6.45, 7) is 4.65. The second kappa shape index (κ2) is 1.61. The second-order valence-electron chi connectivity index (χ2n) is 2.93. The van der Waals surface area contributed by atoms with E-state index in [1.54, 1.807) is 0 Å². The lowest BCUT2D eigenvalue weighted by Gasteiger charge is -2.38. The third kappa shape index (κ3) is 1.31. The molecule has 0 aromatic rings. The van der Waals surface area contributed by atoms with Crippen molar-refractivity contribution < 1.29 is 0 Å². The molecule has 1 heteroatoms. The van der Waals surface area contributed by atoms with Gasteiger partial charge in [0.25, 0.3) is 0 Å². The van der Waals surface area contributed by atoms with Crippen molar-refractivity contribution >= 4 is 22.6 Å². The van der Waals surface area contributed by atoms with Crippen LogP contribution in [0, 0.1) is 5.92 Å². The molecule has 0 aliphatic heterocycles. The van der Waals surface area contributed by atoms with Gasteiger partial charge in [-0.1, -0.05) is 36.4 Å². The predicted molar refractivity (Wildman–Crippen MR) is 40.8 cm³/mol. The van der Waals surface area contributed by atoms with Crippen LogP contribution in [0.3, 0.4) is 0 Å². The summed E-state index contributed by atoms with van der Waals surface area (Å²) in [5, 5.41) is 0. The average Bonchev–Trinajstić information content (AvgIpc) is 1.27. The lowest BCUT2D eigenvalue weighted by atomic mass is 9.77. The predicted octanol–water partition coefficient (Wildman–Crippen LogP) is 2.61. The molecule has 1 rings (SSSR count). The highest BCUT2D eigenvalue weighted by molar-refractivity contribution is 14.1. The molecule has 0 nitrogen and oxygen atoms in total. The van der Waals surface area contributed by atoms with E-state index >= 15 is 0 Å². The largest absolute Gasteiger partial charge is 0.0792 e. The Kier molecular flexibility index (Phi) is 1.34. The van der Waals surface area contributed by atoms with E-state index in [1.165, 1.54) is 12.8 Å². The molecule has 0 amide bonds. The first kappa shape index (κ1) is 5.86. The van der Waals surface area contributed by atoms with Crippen molar-refractivity contribution in [3.8, 4) is 0 Å². The van der Waals surface area contributed by atoms with Crippen LogP contribution >= 0.6 is 22.6 Å². The fraction of sp³-hybridized carbons (Fsp3) is 1.00. The Morgan fingerprint density at radius 3 is 2.00 bits per heavy atom. The van der Waals surface area contributed by atoms with E-state index in [4.69, 9.17) is 0 Å². The summed E-state index contributed by atoms with van der Waals surface area (Å²) in [4.78, 5) is 0. The standard InChI is InChI=1S/C6H11I/c1-5-3-6(2,7)4-5/h5H,3-4H2,1-2H3. The van der Waals surface area contributed by atoms with E-state index in [9.17, 15) is 0 Å². The summed E-state index contributed by atoms with van der Waals surface area (Å²) >= 11 is 2.54. The maximum absolute atomic E-state index is 2.54. The Labute approximate surface area is 58.8 Å². The number of alkyl halides is 1. The molecular formula is C6H11I. The highest BCUT2D eigenvalue weighted by Crippen LogP contribution is 2.44. The quantitative estimate of drug-likeness (QED) is 0.425. The van der Waals surface area contributed by atoms with E-state index in [0.717, 1.165) is 5.92 Å². The Balaban J connectivity index is 2.29. The zero-order chi connectivity index (χ0) is 5.49.